The van der Waals surface area contributed by atoms with Gasteiger partial charge in [0.05, 0.1) is 34.0 Å². The molecule has 0 radical (unpaired) electrons. The van der Waals surface area contributed by atoms with Gasteiger partial charge in [0, 0.05) is 29.5 Å². The summed E-state index contributed by atoms with van der Waals surface area (Å²) in [6.07, 6.45) is 5.42. The van der Waals surface area contributed by atoms with E-state index in [2.05, 4.69) is 21.9 Å². The van der Waals surface area contributed by atoms with Crippen LogP contribution >= 0.6 is 23.2 Å². The van der Waals surface area contributed by atoms with E-state index in [1.807, 2.05) is 16.7 Å². The summed E-state index contributed by atoms with van der Waals surface area (Å²) in [6.45, 7) is 3.84. The van der Waals surface area contributed by atoms with E-state index in [1.54, 1.807) is 24.8 Å². The highest BCUT2D eigenvalue weighted by Crippen LogP contribution is 2.34. The van der Waals surface area contributed by atoms with Gasteiger partial charge >= 0.3 is 5.97 Å². The largest absolute Gasteiger partial charge is 0.481 e. The standard InChI is InChI=1S/C17H14Cl2N4O2/c1-10(2-5-15(24)25)21-14-8-13(23-7-6-20-9-23)11-3-4-12(18)16(19)17(11)22-14/h3-4,6-9H,1-2,5H2,(H,21,22)(H,24,25). The highest BCUT2D eigenvalue weighted by atomic mass is 35.5. The minimum absolute atomic E-state index is 0.0135. The van der Waals surface area contributed by atoms with E-state index in [0.29, 0.717) is 33.5 Å². The number of anilines is 1. The van der Waals surface area contributed by atoms with Gasteiger partial charge in [0.15, 0.2) is 0 Å². The first-order valence-electron chi connectivity index (χ1n) is 7.39. The number of carbonyl (C=O) groups is 1. The average molecular weight is 377 g/mol. The van der Waals surface area contributed by atoms with Gasteiger partial charge in [0.1, 0.15) is 5.82 Å². The van der Waals surface area contributed by atoms with Crippen LogP contribution in [0.1, 0.15) is 12.8 Å². The number of rotatable bonds is 6. The molecular formula is C17H14Cl2N4O2. The summed E-state index contributed by atoms with van der Waals surface area (Å²) in [4.78, 5) is 19.3. The second-order valence-corrected chi connectivity index (χ2v) is 6.16. The molecule has 128 valence electrons. The van der Waals surface area contributed by atoms with Crippen molar-refractivity contribution < 1.29 is 9.90 Å². The average Bonchev–Trinajstić information content (AvgIpc) is 3.10. The van der Waals surface area contributed by atoms with Crippen LogP contribution in [-0.2, 0) is 4.79 Å². The van der Waals surface area contributed by atoms with Gasteiger partial charge in [-0.25, -0.2) is 9.97 Å². The third kappa shape index (κ3) is 3.75. The molecule has 0 unspecified atom stereocenters. The molecule has 3 aromatic rings. The van der Waals surface area contributed by atoms with Gasteiger partial charge in [-0.1, -0.05) is 29.8 Å². The van der Waals surface area contributed by atoms with Crippen LogP contribution in [0.25, 0.3) is 16.6 Å². The molecule has 8 heteroatoms. The van der Waals surface area contributed by atoms with Gasteiger partial charge in [0.2, 0.25) is 0 Å². The molecule has 0 atom stereocenters. The van der Waals surface area contributed by atoms with Crippen LogP contribution in [0.5, 0.6) is 0 Å². The van der Waals surface area contributed by atoms with E-state index >= 15 is 0 Å². The van der Waals surface area contributed by atoms with Crippen LogP contribution in [0.4, 0.5) is 5.82 Å². The fourth-order valence-corrected chi connectivity index (χ4v) is 2.76. The molecule has 0 aliphatic heterocycles. The molecule has 3 rings (SSSR count). The number of benzene rings is 1. The van der Waals surface area contributed by atoms with Crippen molar-refractivity contribution in [3.8, 4) is 5.69 Å². The summed E-state index contributed by atoms with van der Waals surface area (Å²) < 4.78 is 1.83. The number of aliphatic carboxylic acids is 1. The molecule has 0 bridgehead atoms. The lowest BCUT2D eigenvalue weighted by molar-refractivity contribution is -0.136. The van der Waals surface area contributed by atoms with Gasteiger partial charge in [0.25, 0.3) is 0 Å². The van der Waals surface area contributed by atoms with E-state index in [-0.39, 0.29) is 6.42 Å². The monoisotopic (exact) mass is 376 g/mol. The number of hydrogen-bond donors (Lipinski definition) is 2. The van der Waals surface area contributed by atoms with Crippen molar-refractivity contribution >= 4 is 45.9 Å². The molecule has 2 aromatic heterocycles. The molecule has 0 spiro atoms. The lowest BCUT2D eigenvalue weighted by Crippen LogP contribution is -2.05. The highest BCUT2D eigenvalue weighted by molar-refractivity contribution is 6.45. The van der Waals surface area contributed by atoms with Crippen LogP contribution < -0.4 is 5.32 Å². The summed E-state index contributed by atoms with van der Waals surface area (Å²) in [5.74, 6) is -0.390. The minimum atomic E-state index is -0.886. The highest BCUT2D eigenvalue weighted by Gasteiger charge is 2.13. The first-order valence-corrected chi connectivity index (χ1v) is 8.15. The number of hydrogen-bond acceptors (Lipinski definition) is 4. The van der Waals surface area contributed by atoms with Crippen molar-refractivity contribution in [3.63, 3.8) is 0 Å². The fourth-order valence-electron chi connectivity index (χ4n) is 2.40. The molecule has 2 heterocycles. The van der Waals surface area contributed by atoms with Gasteiger partial charge in [-0.3, -0.25) is 4.79 Å². The van der Waals surface area contributed by atoms with Crippen molar-refractivity contribution in [1.29, 1.82) is 0 Å². The van der Waals surface area contributed by atoms with E-state index in [9.17, 15) is 4.79 Å². The van der Waals surface area contributed by atoms with E-state index in [0.717, 1.165) is 11.1 Å². The third-order valence-electron chi connectivity index (χ3n) is 3.58. The Morgan fingerprint density at radius 1 is 1.32 bits per heavy atom. The Kier molecular flexibility index (Phi) is 4.92. The van der Waals surface area contributed by atoms with Crippen molar-refractivity contribution in [2.24, 2.45) is 0 Å². The molecule has 2 N–H and O–H groups in total. The first-order chi connectivity index (χ1) is 12.0. The summed E-state index contributed by atoms with van der Waals surface area (Å²) in [5, 5.41) is 13.4. The maximum atomic E-state index is 10.7. The lowest BCUT2D eigenvalue weighted by Gasteiger charge is -2.14. The summed E-state index contributed by atoms with van der Waals surface area (Å²) in [7, 11) is 0. The SMILES string of the molecule is C=C(CCC(=O)O)Nc1cc(-n2ccnc2)c2ccc(Cl)c(Cl)c2n1. The number of nitrogens with zero attached hydrogens (tertiary/aromatic N) is 3. The van der Waals surface area contributed by atoms with Crippen molar-refractivity contribution in [1.82, 2.24) is 14.5 Å². The van der Waals surface area contributed by atoms with Crippen molar-refractivity contribution in [3.05, 3.63) is 59.2 Å². The van der Waals surface area contributed by atoms with Gasteiger partial charge < -0.3 is 15.0 Å². The zero-order valence-corrected chi connectivity index (χ0v) is 14.6. The molecule has 0 aliphatic carbocycles. The zero-order chi connectivity index (χ0) is 18.0. The normalized spacial score (nSPS) is 10.8. The summed E-state index contributed by atoms with van der Waals surface area (Å²) in [5.41, 5.74) is 1.90. The minimum Gasteiger partial charge on any atom is -0.481 e. The molecule has 0 saturated heterocycles. The molecule has 0 saturated carbocycles. The van der Waals surface area contributed by atoms with Crippen LogP contribution in [-0.4, -0.2) is 25.6 Å². The number of fused-ring (bicyclic) bond motifs is 1. The van der Waals surface area contributed by atoms with Crippen molar-refractivity contribution in [2.45, 2.75) is 12.8 Å². The van der Waals surface area contributed by atoms with Crippen LogP contribution in [0, 0.1) is 0 Å². The maximum Gasteiger partial charge on any atom is 0.303 e. The number of aromatic nitrogens is 3. The van der Waals surface area contributed by atoms with E-state index in [4.69, 9.17) is 28.3 Å². The number of pyridine rings is 1. The van der Waals surface area contributed by atoms with E-state index < -0.39 is 5.97 Å². The Morgan fingerprint density at radius 2 is 2.12 bits per heavy atom. The smallest absolute Gasteiger partial charge is 0.303 e. The summed E-state index contributed by atoms with van der Waals surface area (Å²) in [6, 6.07) is 5.38. The zero-order valence-electron chi connectivity index (χ0n) is 13.0. The Balaban J connectivity index is 2.06. The Labute approximate surface area is 153 Å². The molecule has 0 amide bonds. The predicted octanol–water partition coefficient (Wildman–Crippen LogP) is 4.52. The van der Waals surface area contributed by atoms with Gasteiger partial charge in [-0.15, -0.1) is 0 Å². The van der Waals surface area contributed by atoms with E-state index in [1.165, 1.54) is 0 Å². The molecule has 6 nitrogen and oxygen atoms in total. The number of nitrogens with one attached hydrogen (secondary N) is 1. The van der Waals surface area contributed by atoms with Crippen LogP contribution in [0.3, 0.4) is 0 Å². The third-order valence-corrected chi connectivity index (χ3v) is 4.37. The first kappa shape index (κ1) is 17.3. The van der Waals surface area contributed by atoms with Gasteiger partial charge in [-0.05, 0) is 18.6 Å². The Hall–Kier alpha value is -2.57. The fraction of sp³-hybridized carbons (Fsp3) is 0.118. The Bertz CT molecular complexity index is 955. The van der Waals surface area contributed by atoms with Crippen LogP contribution in [0.15, 0.2) is 49.2 Å². The number of allylic oxidation sites excluding steroid dienone is 1. The Morgan fingerprint density at radius 3 is 2.80 bits per heavy atom. The topological polar surface area (TPSA) is 80.0 Å². The molecule has 25 heavy (non-hydrogen) atoms. The summed E-state index contributed by atoms with van der Waals surface area (Å²) >= 11 is 12.4. The van der Waals surface area contributed by atoms with Crippen molar-refractivity contribution in [2.75, 3.05) is 5.32 Å². The van der Waals surface area contributed by atoms with Gasteiger partial charge in [-0.2, -0.15) is 0 Å². The number of imidazole rings is 1. The molecule has 1 aromatic carbocycles. The lowest BCUT2D eigenvalue weighted by atomic mass is 10.1. The number of carboxylic acids is 1. The molecular weight excluding hydrogens is 363 g/mol. The number of halogens is 2. The second-order valence-electron chi connectivity index (χ2n) is 5.38. The molecule has 0 fully saturated rings. The molecule has 0 aliphatic rings. The maximum absolute atomic E-state index is 10.7. The van der Waals surface area contributed by atoms with Crippen LogP contribution in [0.2, 0.25) is 10.0 Å². The predicted molar refractivity (Wildman–Crippen MR) is 98.5 cm³/mol. The quantitative estimate of drug-likeness (QED) is 0.660. The number of carboxylic acid groups (broad SMARTS) is 1. The second kappa shape index (κ2) is 7.13.